The highest BCUT2D eigenvalue weighted by atomic mass is 16.5. The van der Waals surface area contributed by atoms with Gasteiger partial charge in [-0.05, 0) is 6.92 Å². The summed E-state index contributed by atoms with van der Waals surface area (Å²) in [5.41, 5.74) is 0. The molecule has 1 aliphatic heterocycles. The lowest BCUT2D eigenvalue weighted by Crippen LogP contribution is -2.43. The first-order valence-corrected chi connectivity index (χ1v) is 4.43. The summed E-state index contributed by atoms with van der Waals surface area (Å²) in [4.78, 5) is 12.7. The standard InChI is InChI=1S/C10H14NO2/c1-2-3-4-10(9-12)11-5-7-13-8-6-11/h9-10H,1-2,5-8H2. The van der Waals surface area contributed by atoms with E-state index in [4.69, 9.17) is 4.74 Å². The van der Waals surface area contributed by atoms with Crippen molar-refractivity contribution in [1.29, 1.82) is 0 Å². The van der Waals surface area contributed by atoms with Crippen LogP contribution in [0.3, 0.4) is 0 Å². The molecule has 3 heteroatoms. The van der Waals surface area contributed by atoms with E-state index in [9.17, 15) is 4.79 Å². The molecule has 0 aliphatic carbocycles. The van der Waals surface area contributed by atoms with E-state index >= 15 is 0 Å². The number of rotatable bonds is 2. The topological polar surface area (TPSA) is 29.5 Å². The van der Waals surface area contributed by atoms with Crippen molar-refractivity contribution >= 4 is 6.29 Å². The average Bonchev–Trinajstić information content (AvgIpc) is 2.21. The Labute approximate surface area is 79.1 Å². The lowest BCUT2D eigenvalue weighted by Gasteiger charge is -2.28. The Kier molecular flexibility index (Phi) is 4.52. The molecule has 1 heterocycles. The van der Waals surface area contributed by atoms with Gasteiger partial charge in [0.2, 0.25) is 0 Å². The van der Waals surface area contributed by atoms with Crippen molar-refractivity contribution in [3.8, 4) is 11.8 Å². The van der Waals surface area contributed by atoms with E-state index in [-0.39, 0.29) is 6.04 Å². The highest BCUT2D eigenvalue weighted by Crippen LogP contribution is 2.01. The molecule has 0 amide bonds. The third kappa shape index (κ3) is 3.17. The van der Waals surface area contributed by atoms with Crippen LogP contribution in [0.1, 0.15) is 6.42 Å². The van der Waals surface area contributed by atoms with Crippen molar-refractivity contribution in [2.45, 2.75) is 12.5 Å². The van der Waals surface area contributed by atoms with E-state index in [1.807, 2.05) is 4.90 Å². The van der Waals surface area contributed by atoms with Gasteiger partial charge in [-0.15, -0.1) is 5.92 Å². The largest absolute Gasteiger partial charge is 0.379 e. The fourth-order valence-corrected chi connectivity index (χ4v) is 1.24. The molecule has 1 radical (unpaired) electrons. The van der Waals surface area contributed by atoms with Crippen molar-refractivity contribution in [2.24, 2.45) is 0 Å². The Morgan fingerprint density at radius 1 is 1.54 bits per heavy atom. The maximum atomic E-state index is 10.7. The summed E-state index contributed by atoms with van der Waals surface area (Å²) in [5.74, 6) is 5.70. The highest BCUT2D eigenvalue weighted by molar-refractivity contribution is 5.63. The summed E-state index contributed by atoms with van der Waals surface area (Å²) in [7, 11) is 0. The van der Waals surface area contributed by atoms with Crippen LogP contribution < -0.4 is 0 Å². The normalized spacial score (nSPS) is 20.1. The molecule has 1 unspecified atom stereocenters. The Hall–Kier alpha value is -0.850. The van der Waals surface area contributed by atoms with E-state index in [2.05, 4.69) is 18.8 Å². The molecule has 3 nitrogen and oxygen atoms in total. The molecule has 1 fully saturated rings. The molecule has 0 saturated carbocycles. The summed E-state index contributed by atoms with van der Waals surface area (Å²) >= 11 is 0. The minimum atomic E-state index is -0.273. The zero-order valence-electron chi connectivity index (χ0n) is 7.66. The molecule has 0 aromatic rings. The van der Waals surface area contributed by atoms with E-state index in [0.29, 0.717) is 19.6 Å². The van der Waals surface area contributed by atoms with Crippen LogP contribution in [0, 0.1) is 18.8 Å². The zero-order valence-corrected chi connectivity index (χ0v) is 7.66. The van der Waals surface area contributed by atoms with Gasteiger partial charge >= 0.3 is 0 Å². The summed E-state index contributed by atoms with van der Waals surface area (Å²) < 4.78 is 5.18. The first-order chi connectivity index (χ1) is 6.38. The Morgan fingerprint density at radius 3 is 2.77 bits per heavy atom. The van der Waals surface area contributed by atoms with Gasteiger partial charge in [0, 0.05) is 19.5 Å². The second-order valence-electron chi connectivity index (χ2n) is 2.80. The third-order valence-corrected chi connectivity index (χ3v) is 1.94. The maximum absolute atomic E-state index is 10.7. The number of hydrogen-bond donors (Lipinski definition) is 0. The van der Waals surface area contributed by atoms with Gasteiger partial charge in [-0.1, -0.05) is 5.92 Å². The van der Waals surface area contributed by atoms with Gasteiger partial charge < -0.3 is 9.53 Å². The maximum Gasteiger partial charge on any atom is 0.149 e. The predicted molar refractivity (Wildman–Crippen MR) is 50.0 cm³/mol. The van der Waals surface area contributed by atoms with Crippen molar-refractivity contribution < 1.29 is 9.53 Å². The average molecular weight is 180 g/mol. The van der Waals surface area contributed by atoms with Gasteiger partial charge in [0.25, 0.3) is 0 Å². The monoisotopic (exact) mass is 180 g/mol. The van der Waals surface area contributed by atoms with E-state index < -0.39 is 0 Å². The SMILES string of the molecule is [CH2]CC#CC(C=O)N1CCOCC1. The summed E-state index contributed by atoms with van der Waals surface area (Å²) in [5, 5.41) is 0. The van der Waals surface area contributed by atoms with E-state index in [1.54, 1.807) is 0 Å². The fraction of sp³-hybridized carbons (Fsp3) is 0.600. The molecule has 0 aromatic carbocycles. The molecule has 0 aromatic heterocycles. The molecule has 71 valence electrons. The number of nitrogens with zero attached hydrogens (tertiary/aromatic N) is 1. The van der Waals surface area contributed by atoms with Crippen molar-refractivity contribution in [1.82, 2.24) is 4.90 Å². The molecular formula is C10H14NO2. The van der Waals surface area contributed by atoms with Crippen LogP contribution >= 0.6 is 0 Å². The van der Waals surface area contributed by atoms with Crippen LogP contribution in [-0.4, -0.2) is 43.5 Å². The summed E-state index contributed by atoms with van der Waals surface area (Å²) in [6.45, 7) is 6.56. The predicted octanol–water partition coefficient (Wildman–Crippen LogP) is 0.114. The second kappa shape index (κ2) is 5.74. The molecular weight excluding hydrogens is 166 g/mol. The van der Waals surface area contributed by atoms with Gasteiger partial charge in [-0.3, -0.25) is 4.90 Å². The number of ether oxygens (including phenoxy) is 1. The Bertz CT molecular complexity index is 211. The molecule has 13 heavy (non-hydrogen) atoms. The van der Waals surface area contributed by atoms with Gasteiger partial charge in [-0.25, -0.2) is 0 Å². The lowest BCUT2D eigenvalue weighted by atomic mass is 10.2. The van der Waals surface area contributed by atoms with Crippen LogP contribution in [0.4, 0.5) is 0 Å². The number of carbonyl (C=O) groups is 1. The lowest BCUT2D eigenvalue weighted by molar-refractivity contribution is -0.112. The molecule has 1 saturated heterocycles. The van der Waals surface area contributed by atoms with Crippen molar-refractivity contribution in [3.63, 3.8) is 0 Å². The first-order valence-electron chi connectivity index (χ1n) is 4.43. The fourth-order valence-electron chi connectivity index (χ4n) is 1.24. The first kappa shape index (κ1) is 10.2. The number of hydrogen-bond acceptors (Lipinski definition) is 3. The smallest absolute Gasteiger partial charge is 0.149 e. The van der Waals surface area contributed by atoms with E-state index in [1.165, 1.54) is 0 Å². The van der Waals surface area contributed by atoms with Crippen molar-refractivity contribution in [2.75, 3.05) is 26.3 Å². The van der Waals surface area contributed by atoms with Crippen LogP contribution in [0.15, 0.2) is 0 Å². The van der Waals surface area contributed by atoms with Crippen LogP contribution in [-0.2, 0) is 9.53 Å². The Morgan fingerprint density at radius 2 is 2.23 bits per heavy atom. The molecule has 1 atom stereocenters. The van der Waals surface area contributed by atoms with Gasteiger partial charge in [0.05, 0.1) is 13.2 Å². The number of aldehydes is 1. The number of carbonyl (C=O) groups excluding carboxylic acids is 1. The minimum absolute atomic E-state index is 0.273. The van der Waals surface area contributed by atoms with Crippen LogP contribution in [0.2, 0.25) is 0 Å². The van der Waals surface area contributed by atoms with Gasteiger partial charge in [-0.2, -0.15) is 0 Å². The second-order valence-corrected chi connectivity index (χ2v) is 2.80. The highest BCUT2D eigenvalue weighted by Gasteiger charge is 2.17. The van der Waals surface area contributed by atoms with Gasteiger partial charge in [0.1, 0.15) is 12.3 Å². The quantitative estimate of drug-likeness (QED) is 0.446. The van der Waals surface area contributed by atoms with E-state index in [0.717, 1.165) is 19.4 Å². The van der Waals surface area contributed by atoms with Gasteiger partial charge in [0.15, 0.2) is 0 Å². The molecule has 0 N–H and O–H groups in total. The minimum Gasteiger partial charge on any atom is -0.379 e. The third-order valence-electron chi connectivity index (χ3n) is 1.94. The van der Waals surface area contributed by atoms with Crippen LogP contribution in [0.25, 0.3) is 0 Å². The van der Waals surface area contributed by atoms with Crippen LogP contribution in [0.5, 0.6) is 0 Å². The molecule has 1 rings (SSSR count). The molecule has 0 spiro atoms. The Balaban J connectivity index is 2.48. The number of morpholine rings is 1. The molecule has 0 bridgehead atoms. The summed E-state index contributed by atoms with van der Waals surface area (Å²) in [6, 6.07) is -0.273. The summed E-state index contributed by atoms with van der Waals surface area (Å²) in [6.07, 6.45) is 1.43. The van der Waals surface area contributed by atoms with Crippen molar-refractivity contribution in [3.05, 3.63) is 6.92 Å². The molecule has 1 aliphatic rings. The zero-order chi connectivity index (χ0) is 9.52.